The first-order valence-electron chi connectivity index (χ1n) is 11.1. The van der Waals surface area contributed by atoms with E-state index in [9.17, 15) is 14.7 Å². The van der Waals surface area contributed by atoms with Gasteiger partial charge >= 0.3 is 5.97 Å². The minimum absolute atomic E-state index is 0. The number of para-hydroxylation sites is 1. The first kappa shape index (κ1) is 25.3. The minimum atomic E-state index is -1.01. The summed E-state index contributed by atoms with van der Waals surface area (Å²) in [6, 6.07) is 26.8. The molecule has 1 amide bonds. The first-order chi connectivity index (χ1) is 16.1. The van der Waals surface area contributed by atoms with Crippen molar-refractivity contribution in [2.75, 3.05) is 18.4 Å². The molecule has 0 aromatic heterocycles. The normalized spacial score (nSPS) is 16.0. The summed E-state index contributed by atoms with van der Waals surface area (Å²) < 4.78 is 0. The Balaban J connectivity index is 0.00000324. The molecule has 4 rings (SSSR count). The van der Waals surface area contributed by atoms with Crippen molar-refractivity contribution in [2.24, 2.45) is 4.99 Å². The monoisotopic (exact) mass is 499 g/mol. The van der Waals surface area contributed by atoms with Gasteiger partial charge in [-0.2, -0.15) is 0 Å². The molecular weight excluding hydrogens is 473 g/mol. The molecule has 2 N–H and O–H groups in total. The van der Waals surface area contributed by atoms with Crippen LogP contribution in [0.5, 0.6) is 0 Å². The van der Waals surface area contributed by atoms with Crippen LogP contribution in [0.1, 0.15) is 29.5 Å². The number of carboxylic acids is 1. The van der Waals surface area contributed by atoms with Crippen LogP contribution in [0.25, 0.3) is 0 Å². The van der Waals surface area contributed by atoms with E-state index in [4.69, 9.17) is 0 Å². The molecular formula is C27H27N3NiO3. The van der Waals surface area contributed by atoms with Crippen molar-refractivity contribution in [3.05, 3.63) is 102 Å². The minimum Gasteiger partial charge on any atom is -0.480 e. The Morgan fingerprint density at radius 1 is 0.941 bits per heavy atom. The quantitative estimate of drug-likeness (QED) is 0.359. The number of nitrogens with zero attached hydrogens (tertiary/aromatic N) is 2. The van der Waals surface area contributed by atoms with E-state index in [-0.39, 0.29) is 35.0 Å². The molecule has 34 heavy (non-hydrogen) atoms. The van der Waals surface area contributed by atoms with Gasteiger partial charge in [0.2, 0.25) is 5.91 Å². The van der Waals surface area contributed by atoms with Gasteiger partial charge < -0.3 is 10.4 Å². The predicted molar refractivity (Wildman–Crippen MR) is 130 cm³/mol. The van der Waals surface area contributed by atoms with Crippen LogP contribution in [-0.2, 0) is 32.6 Å². The van der Waals surface area contributed by atoms with Gasteiger partial charge in [-0.3, -0.25) is 19.5 Å². The number of anilines is 1. The second-order valence-electron chi connectivity index (χ2n) is 8.07. The number of aliphatic imine (C=N–C) groups is 1. The fourth-order valence-electron chi connectivity index (χ4n) is 4.22. The Bertz CT molecular complexity index is 1140. The second kappa shape index (κ2) is 12.3. The third-order valence-corrected chi connectivity index (χ3v) is 5.75. The zero-order chi connectivity index (χ0) is 23.0. The molecule has 0 radical (unpaired) electrons. The van der Waals surface area contributed by atoms with Crippen LogP contribution in [0, 0.1) is 0 Å². The van der Waals surface area contributed by atoms with Crippen LogP contribution < -0.4 is 5.32 Å². The zero-order valence-corrected chi connectivity index (χ0v) is 19.7. The van der Waals surface area contributed by atoms with Gasteiger partial charge in [-0.05, 0) is 31.0 Å². The van der Waals surface area contributed by atoms with Crippen molar-refractivity contribution in [2.45, 2.75) is 25.4 Å². The van der Waals surface area contributed by atoms with E-state index in [0.717, 1.165) is 31.5 Å². The molecule has 1 aliphatic rings. The second-order valence-corrected chi connectivity index (χ2v) is 8.07. The molecule has 1 fully saturated rings. The average molecular weight is 500 g/mol. The fraction of sp³-hybridized carbons (Fsp3) is 0.222. The summed E-state index contributed by atoms with van der Waals surface area (Å²) in [6.45, 7) is 1.26. The zero-order valence-electron chi connectivity index (χ0n) is 18.7. The van der Waals surface area contributed by atoms with Crippen LogP contribution in [-0.4, -0.2) is 46.7 Å². The summed E-state index contributed by atoms with van der Waals surface area (Å²) in [5, 5.41) is 12.3. The number of carboxylic acid groups (broad SMARTS) is 1. The number of aliphatic carboxylic acids is 1. The van der Waals surface area contributed by atoms with Gasteiger partial charge in [0.25, 0.3) is 0 Å². The number of nitrogens with one attached hydrogen (secondary N) is 1. The van der Waals surface area contributed by atoms with E-state index in [0.29, 0.717) is 17.0 Å². The van der Waals surface area contributed by atoms with Crippen molar-refractivity contribution in [3.63, 3.8) is 0 Å². The largest absolute Gasteiger partial charge is 0.480 e. The Morgan fingerprint density at radius 3 is 2.29 bits per heavy atom. The predicted octanol–water partition coefficient (Wildman–Crippen LogP) is 4.21. The van der Waals surface area contributed by atoms with Gasteiger partial charge in [0.1, 0.15) is 6.54 Å². The number of amides is 1. The smallest absolute Gasteiger partial charge is 0.325 e. The summed E-state index contributed by atoms with van der Waals surface area (Å²) in [5.74, 6) is -1.06. The van der Waals surface area contributed by atoms with E-state index in [1.807, 2.05) is 72.8 Å². The van der Waals surface area contributed by atoms with Crippen molar-refractivity contribution in [3.8, 4) is 0 Å². The molecule has 0 spiro atoms. The van der Waals surface area contributed by atoms with Crippen molar-refractivity contribution < 1.29 is 31.2 Å². The van der Waals surface area contributed by atoms with Crippen LogP contribution in [0.15, 0.2) is 89.9 Å². The summed E-state index contributed by atoms with van der Waals surface area (Å²) in [4.78, 5) is 31.1. The maximum absolute atomic E-state index is 13.3. The third kappa shape index (κ3) is 6.40. The van der Waals surface area contributed by atoms with Crippen LogP contribution in [0.4, 0.5) is 5.69 Å². The molecule has 7 heteroatoms. The molecule has 1 atom stereocenters. The van der Waals surface area contributed by atoms with Gasteiger partial charge in [-0.15, -0.1) is 0 Å². The van der Waals surface area contributed by atoms with E-state index < -0.39 is 5.97 Å². The Labute approximate surface area is 209 Å². The van der Waals surface area contributed by atoms with Gasteiger partial charge in [-0.1, -0.05) is 78.9 Å². The number of benzene rings is 3. The van der Waals surface area contributed by atoms with E-state index in [1.54, 1.807) is 0 Å². The standard InChI is InChI=1S/C27H27N3O3.Ni/c31-25(32)18-28-26(21-12-5-2-6-13-21)22-14-7-8-15-23(22)29-27(33)24-16-9-17-30(24)19-20-10-3-1-4-11-20;/h1-8,10-15,24H,9,16-19H2,(H,29,33)(H,31,32);/t24-;/m1./s1. The topological polar surface area (TPSA) is 82.0 Å². The fourth-order valence-corrected chi connectivity index (χ4v) is 4.22. The molecule has 3 aromatic rings. The summed E-state index contributed by atoms with van der Waals surface area (Å²) in [5.41, 5.74) is 3.85. The van der Waals surface area contributed by atoms with Crippen molar-refractivity contribution >= 4 is 23.3 Å². The molecule has 1 saturated heterocycles. The molecule has 0 bridgehead atoms. The Morgan fingerprint density at radius 2 is 1.59 bits per heavy atom. The van der Waals surface area contributed by atoms with Gasteiger partial charge in [0.05, 0.1) is 17.4 Å². The number of likely N-dealkylation sites (tertiary alicyclic amines) is 1. The number of hydrogen-bond acceptors (Lipinski definition) is 4. The molecule has 6 nitrogen and oxygen atoms in total. The van der Waals surface area contributed by atoms with Crippen LogP contribution in [0.3, 0.4) is 0 Å². The van der Waals surface area contributed by atoms with Crippen molar-refractivity contribution in [1.29, 1.82) is 0 Å². The SMILES string of the molecule is O=C(O)CN=C(c1ccccc1)c1ccccc1NC(=O)[C@H]1CCCN1Cc1ccccc1.[Ni]. The van der Waals surface area contributed by atoms with E-state index >= 15 is 0 Å². The Hall–Kier alpha value is -3.28. The van der Waals surface area contributed by atoms with Gasteiger partial charge in [0.15, 0.2) is 0 Å². The van der Waals surface area contributed by atoms with Gasteiger partial charge in [-0.25, -0.2) is 0 Å². The molecule has 0 unspecified atom stereocenters. The number of carbonyl (C=O) groups excluding carboxylic acids is 1. The molecule has 1 heterocycles. The Kier molecular flexibility index (Phi) is 9.14. The molecule has 0 saturated carbocycles. The maximum Gasteiger partial charge on any atom is 0.325 e. The molecule has 178 valence electrons. The molecule has 0 aliphatic carbocycles. The third-order valence-electron chi connectivity index (χ3n) is 5.75. The average Bonchev–Trinajstić information content (AvgIpc) is 3.29. The summed E-state index contributed by atoms with van der Waals surface area (Å²) in [7, 11) is 0. The van der Waals surface area contributed by atoms with E-state index in [2.05, 4.69) is 27.3 Å². The van der Waals surface area contributed by atoms with Crippen LogP contribution >= 0.6 is 0 Å². The number of carbonyl (C=O) groups is 2. The summed E-state index contributed by atoms with van der Waals surface area (Å²) in [6.07, 6.45) is 1.78. The molecule has 3 aromatic carbocycles. The van der Waals surface area contributed by atoms with E-state index in [1.165, 1.54) is 5.56 Å². The van der Waals surface area contributed by atoms with Crippen LogP contribution in [0.2, 0.25) is 0 Å². The first-order valence-corrected chi connectivity index (χ1v) is 11.1. The number of rotatable bonds is 8. The summed E-state index contributed by atoms with van der Waals surface area (Å²) >= 11 is 0. The number of hydrogen-bond donors (Lipinski definition) is 2. The molecule has 1 aliphatic heterocycles. The van der Waals surface area contributed by atoms with Gasteiger partial charge in [0, 0.05) is 34.2 Å². The maximum atomic E-state index is 13.3. The van der Waals surface area contributed by atoms with Crippen molar-refractivity contribution in [1.82, 2.24) is 4.90 Å².